The Morgan fingerprint density at radius 1 is 1.03 bits per heavy atom. The van der Waals surface area contributed by atoms with E-state index in [1.165, 1.54) is 0 Å². The van der Waals surface area contributed by atoms with E-state index in [1.807, 2.05) is 46.2 Å². The molecule has 30 heavy (non-hydrogen) atoms. The Morgan fingerprint density at radius 3 is 2.47 bits per heavy atom. The summed E-state index contributed by atoms with van der Waals surface area (Å²) >= 11 is 9.52. The quantitative estimate of drug-likeness (QED) is 0.563. The minimum atomic E-state index is -0.105. The molecular weight excluding hydrogens is 470 g/mol. The van der Waals surface area contributed by atoms with E-state index in [0.29, 0.717) is 56.3 Å². The topological polar surface area (TPSA) is 61.9 Å². The number of benzene rings is 2. The van der Waals surface area contributed by atoms with Gasteiger partial charge >= 0.3 is 0 Å². The van der Waals surface area contributed by atoms with Gasteiger partial charge in [0.15, 0.2) is 0 Å². The van der Waals surface area contributed by atoms with Crippen molar-refractivity contribution in [3.63, 3.8) is 0 Å². The van der Waals surface area contributed by atoms with Crippen LogP contribution >= 0.6 is 27.5 Å². The van der Waals surface area contributed by atoms with E-state index in [9.17, 15) is 9.59 Å². The molecule has 0 saturated carbocycles. The zero-order valence-corrected chi connectivity index (χ0v) is 19.0. The van der Waals surface area contributed by atoms with Crippen LogP contribution in [0.15, 0.2) is 53.0 Å². The van der Waals surface area contributed by atoms with Gasteiger partial charge in [-0.25, -0.2) is 0 Å². The van der Waals surface area contributed by atoms with E-state index in [4.69, 9.17) is 16.3 Å². The fourth-order valence-electron chi connectivity index (χ4n) is 3.24. The lowest BCUT2D eigenvalue weighted by Gasteiger charge is -2.34. The van der Waals surface area contributed by atoms with Crippen LogP contribution in [0.4, 0.5) is 5.69 Å². The number of nitrogens with one attached hydrogen (secondary N) is 1. The number of halogens is 2. The Kier molecular flexibility index (Phi) is 8.54. The highest BCUT2D eigenvalue weighted by Gasteiger charge is 2.22. The van der Waals surface area contributed by atoms with Gasteiger partial charge in [-0.15, -0.1) is 0 Å². The number of piperazine rings is 1. The van der Waals surface area contributed by atoms with Crippen LogP contribution in [0, 0.1) is 0 Å². The first-order chi connectivity index (χ1) is 14.5. The van der Waals surface area contributed by atoms with Crippen molar-refractivity contribution in [1.82, 2.24) is 9.80 Å². The standard InChI is InChI=1S/C22H25BrClN3O3/c23-17-6-1-4-9-20(17)30-15-5-10-22(29)27-13-11-26(12-14-27)16-21(28)25-19-8-3-2-7-18(19)24/h1-4,6-9H,5,10-16H2,(H,25,28). The number of hydrogen-bond donors (Lipinski definition) is 1. The summed E-state index contributed by atoms with van der Waals surface area (Å²) in [7, 11) is 0. The molecule has 3 rings (SSSR count). The maximum atomic E-state index is 12.4. The number of rotatable bonds is 8. The predicted molar refractivity (Wildman–Crippen MR) is 122 cm³/mol. The van der Waals surface area contributed by atoms with Crippen LogP contribution in [0.5, 0.6) is 5.75 Å². The van der Waals surface area contributed by atoms with E-state index >= 15 is 0 Å². The Balaban J connectivity index is 1.33. The van der Waals surface area contributed by atoms with Gasteiger partial charge < -0.3 is 15.0 Å². The van der Waals surface area contributed by atoms with Gasteiger partial charge in [-0.3, -0.25) is 14.5 Å². The third kappa shape index (κ3) is 6.72. The van der Waals surface area contributed by atoms with Crippen LogP contribution in [-0.2, 0) is 9.59 Å². The summed E-state index contributed by atoms with van der Waals surface area (Å²) in [5.41, 5.74) is 0.614. The zero-order valence-electron chi connectivity index (χ0n) is 16.7. The molecule has 1 aliphatic heterocycles. The highest BCUT2D eigenvalue weighted by Crippen LogP contribution is 2.24. The van der Waals surface area contributed by atoms with Gasteiger partial charge in [0.1, 0.15) is 5.75 Å². The molecule has 6 nitrogen and oxygen atoms in total. The molecule has 2 aromatic rings. The van der Waals surface area contributed by atoms with Crippen molar-refractivity contribution < 1.29 is 14.3 Å². The summed E-state index contributed by atoms with van der Waals surface area (Å²) in [4.78, 5) is 28.6. The molecule has 1 heterocycles. The average molecular weight is 495 g/mol. The number of carbonyl (C=O) groups is 2. The third-order valence-electron chi connectivity index (χ3n) is 4.87. The van der Waals surface area contributed by atoms with Crippen LogP contribution in [0.1, 0.15) is 12.8 Å². The lowest BCUT2D eigenvalue weighted by atomic mass is 10.2. The number of para-hydroxylation sites is 2. The lowest BCUT2D eigenvalue weighted by Crippen LogP contribution is -2.50. The first-order valence-electron chi connectivity index (χ1n) is 9.95. The minimum absolute atomic E-state index is 0.105. The van der Waals surface area contributed by atoms with E-state index < -0.39 is 0 Å². The maximum Gasteiger partial charge on any atom is 0.238 e. The highest BCUT2D eigenvalue weighted by molar-refractivity contribution is 9.10. The summed E-state index contributed by atoms with van der Waals surface area (Å²) in [5, 5.41) is 3.35. The lowest BCUT2D eigenvalue weighted by molar-refractivity contribution is -0.133. The second-order valence-corrected chi connectivity index (χ2v) is 8.33. The van der Waals surface area contributed by atoms with Crippen molar-refractivity contribution in [1.29, 1.82) is 0 Å². The van der Waals surface area contributed by atoms with Crippen molar-refractivity contribution in [2.24, 2.45) is 0 Å². The molecule has 2 amide bonds. The number of nitrogens with zero attached hydrogens (tertiary/aromatic N) is 2. The van der Waals surface area contributed by atoms with Gasteiger partial charge in [0, 0.05) is 32.6 Å². The molecule has 8 heteroatoms. The molecule has 0 spiro atoms. The monoisotopic (exact) mass is 493 g/mol. The zero-order chi connectivity index (χ0) is 21.3. The summed E-state index contributed by atoms with van der Waals surface area (Å²) in [5.74, 6) is 0.812. The smallest absolute Gasteiger partial charge is 0.238 e. The average Bonchev–Trinajstić information content (AvgIpc) is 2.74. The van der Waals surface area contributed by atoms with Crippen molar-refractivity contribution in [2.45, 2.75) is 12.8 Å². The molecule has 160 valence electrons. The van der Waals surface area contributed by atoms with Gasteiger partial charge in [0.2, 0.25) is 11.8 Å². The molecule has 0 aromatic heterocycles. The summed E-state index contributed by atoms with van der Waals surface area (Å²) in [6.07, 6.45) is 1.12. The number of anilines is 1. The van der Waals surface area contributed by atoms with Crippen LogP contribution in [-0.4, -0.2) is 60.9 Å². The van der Waals surface area contributed by atoms with E-state index in [0.717, 1.165) is 10.2 Å². The highest BCUT2D eigenvalue weighted by atomic mass is 79.9. The first-order valence-corrected chi connectivity index (χ1v) is 11.1. The van der Waals surface area contributed by atoms with Crippen molar-refractivity contribution in [2.75, 3.05) is 44.6 Å². The summed E-state index contributed by atoms with van der Waals surface area (Å²) in [6.45, 7) is 3.39. The largest absolute Gasteiger partial charge is 0.492 e. The van der Waals surface area contributed by atoms with Gasteiger partial charge in [0.05, 0.1) is 28.3 Å². The molecular formula is C22H25BrClN3O3. The van der Waals surface area contributed by atoms with Gasteiger partial charge in [-0.05, 0) is 46.6 Å². The molecule has 1 N–H and O–H groups in total. The molecule has 2 aromatic carbocycles. The molecule has 1 fully saturated rings. The van der Waals surface area contributed by atoms with Crippen molar-refractivity contribution in [3.05, 3.63) is 58.0 Å². The van der Waals surface area contributed by atoms with E-state index in [1.54, 1.807) is 12.1 Å². The molecule has 0 bridgehead atoms. The van der Waals surface area contributed by atoms with Crippen molar-refractivity contribution in [3.8, 4) is 5.75 Å². The maximum absolute atomic E-state index is 12.4. The molecule has 1 saturated heterocycles. The number of carbonyl (C=O) groups excluding carboxylic acids is 2. The fraction of sp³-hybridized carbons (Fsp3) is 0.364. The Bertz CT molecular complexity index is 872. The van der Waals surface area contributed by atoms with Gasteiger partial charge in [-0.2, -0.15) is 0 Å². The van der Waals surface area contributed by atoms with Crippen LogP contribution in [0.25, 0.3) is 0 Å². The van der Waals surface area contributed by atoms with Crippen LogP contribution < -0.4 is 10.1 Å². The number of amides is 2. The van der Waals surface area contributed by atoms with Crippen LogP contribution in [0.2, 0.25) is 5.02 Å². The predicted octanol–water partition coefficient (Wildman–Crippen LogP) is 4.04. The van der Waals surface area contributed by atoms with E-state index in [2.05, 4.69) is 21.2 Å². The van der Waals surface area contributed by atoms with E-state index in [-0.39, 0.29) is 18.4 Å². The van der Waals surface area contributed by atoms with Crippen LogP contribution in [0.3, 0.4) is 0 Å². The molecule has 0 atom stereocenters. The Morgan fingerprint density at radius 2 is 1.73 bits per heavy atom. The number of hydrogen-bond acceptors (Lipinski definition) is 4. The second-order valence-electron chi connectivity index (χ2n) is 7.07. The Hall–Kier alpha value is -2.09. The molecule has 0 aliphatic carbocycles. The molecule has 0 unspecified atom stereocenters. The summed E-state index contributed by atoms with van der Waals surface area (Å²) in [6, 6.07) is 14.8. The molecule has 0 radical (unpaired) electrons. The van der Waals surface area contributed by atoms with Crippen molar-refractivity contribution >= 4 is 45.0 Å². The SMILES string of the molecule is O=C(CN1CCN(C(=O)CCCOc2ccccc2Br)CC1)Nc1ccccc1Cl. The Labute approximate surface area is 190 Å². The van der Waals surface area contributed by atoms with Gasteiger partial charge in [-0.1, -0.05) is 35.9 Å². The third-order valence-corrected chi connectivity index (χ3v) is 5.85. The fourth-order valence-corrected chi connectivity index (χ4v) is 3.82. The number of ether oxygens (including phenoxy) is 1. The first kappa shape index (κ1) is 22.6. The van der Waals surface area contributed by atoms with Gasteiger partial charge in [0.25, 0.3) is 0 Å². The minimum Gasteiger partial charge on any atom is -0.492 e. The second kappa shape index (κ2) is 11.3. The normalized spacial score (nSPS) is 14.4. The summed E-state index contributed by atoms with van der Waals surface area (Å²) < 4.78 is 6.62. The molecule has 1 aliphatic rings.